The molecule has 1 aliphatic heterocycles. The average molecular weight is 254 g/mol. The van der Waals surface area contributed by atoms with Gasteiger partial charge in [-0.2, -0.15) is 0 Å². The van der Waals surface area contributed by atoms with Crippen molar-refractivity contribution < 1.29 is 9.59 Å². The molecule has 0 radical (unpaired) electrons. The Morgan fingerprint density at radius 3 is 3.06 bits per heavy atom. The third-order valence-corrected chi connectivity index (χ3v) is 3.43. The van der Waals surface area contributed by atoms with Crippen molar-refractivity contribution in [1.29, 1.82) is 0 Å². The monoisotopic (exact) mass is 254 g/mol. The van der Waals surface area contributed by atoms with Gasteiger partial charge in [-0.25, -0.2) is 0 Å². The number of aromatic nitrogens is 2. The van der Waals surface area contributed by atoms with E-state index < -0.39 is 0 Å². The Kier molecular flexibility index (Phi) is 3.68. The smallest absolute Gasteiger partial charge is 0.229 e. The fraction of sp³-hybridized carbons (Fsp3) is 0.600. The van der Waals surface area contributed by atoms with E-state index in [1.165, 1.54) is 13.1 Å². The number of hydrogen-bond donors (Lipinski definition) is 1. The van der Waals surface area contributed by atoms with E-state index in [0.29, 0.717) is 11.5 Å². The molecule has 0 unspecified atom stereocenters. The van der Waals surface area contributed by atoms with Crippen molar-refractivity contribution in [3.8, 4) is 0 Å². The molecular formula is C10H14N4O2S. The van der Waals surface area contributed by atoms with Crippen LogP contribution in [-0.2, 0) is 9.59 Å². The first-order valence-corrected chi connectivity index (χ1v) is 6.28. The summed E-state index contributed by atoms with van der Waals surface area (Å²) in [5.74, 6) is -0.154. The van der Waals surface area contributed by atoms with Crippen molar-refractivity contribution in [3.05, 3.63) is 6.20 Å². The van der Waals surface area contributed by atoms with Crippen LogP contribution in [0.5, 0.6) is 0 Å². The Bertz CT molecular complexity index is 406. The van der Waals surface area contributed by atoms with Gasteiger partial charge in [-0.05, 0) is 12.8 Å². The molecule has 0 aliphatic carbocycles. The highest BCUT2D eigenvalue weighted by molar-refractivity contribution is 7.10. The molecule has 7 heteroatoms. The van der Waals surface area contributed by atoms with E-state index in [0.717, 1.165) is 30.9 Å². The topological polar surface area (TPSA) is 75.2 Å². The zero-order valence-corrected chi connectivity index (χ0v) is 10.4. The van der Waals surface area contributed by atoms with Crippen LogP contribution < -0.4 is 5.32 Å². The Balaban J connectivity index is 1.93. The summed E-state index contributed by atoms with van der Waals surface area (Å²) in [5.41, 5.74) is 0. The molecule has 1 fully saturated rings. The maximum atomic E-state index is 11.9. The maximum absolute atomic E-state index is 11.9. The zero-order chi connectivity index (χ0) is 12.3. The molecule has 2 heterocycles. The molecule has 6 nitrogen and oxygen atoms in total. The highest BCUT2D eigenvalue weighted by Gasteiger charge is 2.27. The molecule has 2 amide bonds. The quantitative estimate of drug-likeness (QED) is 0.844. The van der Waals surface area contributed by atoms with Crippen LogP contribution in [0.25, 0.3) is 0 Å². The number of amides is 2. The van der Waals surface area contributed by atoms with Crippen LogP contribution in [-0.4, -0.2) is 39.4 Å². The van der Waals surface area contributed by atoms with E-state index in [-0.39, 0.29) is 17.7 Å². The number of hydrogen-bond acceptors (Lipinski definition) is 5. The Labute approximate surface area is 103 Å². The second kappa shape index (κ2) is 5.22. The van der Waals surface area contributed by atoms with Crippen molar-refractivity contribution in [1.82, 2.24) is 14.5 Å². The number of nitrogens with one attached hydrogen (secondary N) is 1. The molecular weight excluding hydrogens is 240 g/mol. The van der Waals surface area contributed by atoms with Gasteiger partial charge in [0.05, 0.1) is 12.1 Å². The van der Waals surface area contributed by atoms with Crippen LogP contribution in [0.1, 0.15) is 19.8 Å². The summed E-state index contributed by atoms with van der Waals surface area (Å²) in [5, 5.41) is 7.07. The fourth-order valence-electron chi connectivity index (χ4n) is 1.92. The van der Waals surface area contributed by atoms with Crippen LogP contribution in [0.15, 0.2) is 6.20 Å². The summed E-state index contributed by atoms with van der Waals surface area (Å²) >= 11 is 1.15. The lowest BCUT2D eigenvalue weighted by Gasteiger charge is -2.31. The second-order valence-electron chi connectivity index (χ2n) is 4.08. The number of carbonyl (C=O) groups excluding carboxylic acids is 2. The maximum Gasteiger partial charge on any atom is 0.229 e. The molecule has 1 N–H and O–H groups in total. The number of rotatable bonds is 2. The van der Waals surface area contributed by atoms with Crippen LogP contribution in [0.4, 0.5) is 5.00 Å². The summed E-state index contributed by atoms with van der Waals surface area (Å²) < 4.78 is 3.68. The van der Waals surface area contributed by atoms with E-state index in [2.05, 4.69) is 14.9 Å². The first-order valence-electron chi connectivity index (χ1n) is 5.50. The molecule has 17 heavy (non-hydrogen) atoms. The Hall–Kier alpha value is -1.50. The summed E-state index contributed by atoms with van der Waals surface area (Å²) in [6.45, 7) is 2.79. The molecule has 2 rings (SSSR count). The van der Waals surface area contributed by atoms with Gasteiger partial charge in [-0.15, -0.1) is 5.10 Å². The lowest BCUT2D eigenvalue weighted by atomic mass is 9.97. The molecule has 0 bridgehead atoms. The first kappa shape index (κ1) is 12.0. The zero-order valence-electron chi connectivity index (χ0n) is 9.55. The van der Waals surface area contributed by atoms with Gasteiger partial charge in [0, 0.05) is 31.5 Å². The number of anilines is 1. The van der Waals surface area contributed by atoms with E-state index in [9.17, 15) is 9.59 Å². The van der Waals surface area contributed by atoms with Crippen LogP contribution >= 0.6 is 11.5 Å². The van der Waals surface area contributed by atoms with Gasteiger partial charge >= 0.3 is 0 Å². The van der Waals surface area contributed by atoms with Crippen molar-refractivity contribution in [2.24, 2.45) is 5.92 Å². The molecule has 0 aromatic carbocycles. The average Bonchev–Trinajstić information content (AvgIpc) is 2.82. The first-order chi connectivity index (χ1) is 8.16. The van der Waals surface area contributed by atoms with Gasteiger partial charge in [0.2, 0.25) is 11.8 Å². The molecule has 1 aromatic heterocycles. The number of piperidine rings is 1. The number of nitrogens with zero attached hydrogens (tertiary/aromatic N) is 3. The molecule has 1 aliphatic rings. The van der Waals surface area contributed by atoms with Crippen LogP contribution in [0, 0.1) is 5.92 Å². The minimum absolute atomic E-state index is 0.0296. The Morgan fingerprint density at radius 1 is 1.59 bits per heavy atom. The summed E-state index contributed by atoms with van der Waals surface area (Å²) in [4.78, 5) is 24.9. The van der Waals surface area contributed by atoms with Gasteiger partial charge in [-0.1, -0.05) is 4.49 Å². The molecule has 92 valence electrons. The molecule has 1 aromatic rings. The van der Waals surface area contributed by atoms with Gasteiger partial charge in [-0.3, -0.25) is 9.59 Å². The normalized spacial score (nSPS) is 20.1. The highest BCUT2D eigenvalue weighted by atomic mass is 32.1. The minimum Gasteiger partial charge on any atom is -0.342 e. The molecule has 0 spiro atoms. The third kappa shape index (κ3) is 3.00. The van der Waals surface area contributed by atoms with Crippen molar-refractivity contribution >= 4 is 28.3 Å². The summed E-state index contributed by atoms with van der Waals surface area (Å²) in [6, 6.07) is 0. The largest absolute Gasteiger partial charge is 0.342 e. The standard InChI is InChI=1S/C10H14N4O2S/c1-7(15)14-4-2-3-8(6-14)10(16)12-9-5-11-13-17-9/h5,8H,2-4,6H2,1H3,(H,12,16)/t8-/m1/s1. The molecule has 0 saturated carbocycles. The van der Waals surface area contributed by atoms with Gasteiger partial charge in [0.15, 0.2) is 0 Å². The van der Waals surface area contributed by atoms with Gasteiger partial charge < -0.3 is 10.2 Å². The summed E-state index contributed by atoms with van der Waals surface area (Å²) in [6.07, 6.45) is 3.22. The van der Waals surface area contributed by atoms with Crippen LogP contribution in [0.3, 0.4) is 0 Å². The lowest BCUT2D eigenvalue weighted by Crippen LogP contribution is -2.42. The highest BCUT2D eigenvalue weighted by Crippen LogP contribution is 2.19. The molecule has 1 saturated heterocycles. The van der Waals surface area contributed by atoms with E-state index in [1.54, 1.807) is 4.90 Å². The Morgan fingerprint density at radius 2 is 2.41 bits per heavy atom. The number of carbonyl (C=O) groups is 2. The van der Waals surface area contributed by atoms with Gasteiger partial charge in [0.25, 0.3) is 0 Å². The molecule has 1 atom stereocenters. The van der Waals surface area contributed by atoms with Crippen LogP contribution in [0.2, 0.25) is 0 Å². The summed E-state index contributed by atoms with van der Waals surface area (Å²) in [7, 11) is 0. The minimum atomic E-state index is -0.130. The second-order valence-corrected chi connectivity index (χ2v) is 4.86. The number of likely N-dealkylation sites (tertiary alicyclic amines) is 1. The van der Waals surface area contributed by atoms with Crippen molar-refractivity contribution in [3.63, 3.8) is 0 Å². The lowest BCUT2D eigenvalue weighted by molar-refractivity contribution is -0.132. The van der Waals surface area contributed by atoms with Gasteiger partial charge in [0.1, 0.15) is 5.00 Å². The predicted molar refractivity (Wildman–Crippen MR) is 63.5 cm³/mol. The SMILES string of the molecule is CC(=O)N1CCC[C@@H](C(=O)Nc2cnns2)C1. The fourth-order valence-corrected chi connectivity index (χ4v) is 2.35. The van der Waals surface area contributed by atoms with Crippen molar-refractivity contribution in [2.75, 3.05) is 18.4 Å². The van der Waals surface area contributed by atoms with E-state index in [1.807, 2.05) is 0 Å². The predicted octanol–water partition coefficient (Wildman–Crippen LogP) is 0.735. The van der Waals surface area contributed by atoms with Crippen molar-refractivity contribution in [2.45, 2.75) is 19.8 Å². The van der Waals surface area contributed by atoms with E-state index >= 15 is 0 Å². The third-order valence-electron chi connectivity index (χ3n) is 2.85. The van der Waals surface area contributed by atoms with E-state index in [4.69, 9.17) is 0 Å².